The van der Waals surface area contributed by atoms with Crippen LogP contribution in [0.4, 0.5) is 17.1 Å². The molecule has 0 unspecified atom stereocenters. The minimum absolute atomic E-state index is 0.536. The molecule has 4 rings (SSSR count). The van der Waals surface area contributed by atoms with E-state index < -0.39 is 0 Å². The van der Waals surface area contributed by atoms with Crippen LogP contribution in [-0.4, -0.2) is 23.2 Å². The van der Waals surface area contributed by atoms with Crippen LogP contribution in [0.5, 0.6) is 11.5 Å². The van der Waals surface area contributed by atoms with Crippen LogP contribution in [0.25, 0.3) is 11.1 Å². The van der Waals surface area contributed by atoms with Crippen LogP contribution in [0.2, 0.25) is 0 Å². The van der Waals surface area contributed by atoms with Crippen molar-refractivity contribution in [3.8, 4) is 34.5 Å². The Balaban J connectivity index is 1.54. The maximum absolute atomic E-state index is 6.19. The smallest absolute Gasteiger partial charge is 0.204 e. The number of anilines is 3. The molecule has 1 aromatic heterocycles. The van der Waals surface area contributed by atoms with Gasteiger partial charge in [-0.2, -0.15) is 0 Å². The number of aromatic nitrogens is 2. The van der Waals surface area contributed by atoms with Crippen LogP contribution in [0.3, 0.4) is 0 Å². The van der Waals surface area contributed by atoms with Crippen molar-refractivity contribution >= 4 is 17.1 Å². The number of aryl methyl sites for hydroxylation is 2. The molecule has 0 spiro atoms. The molecule has 0 amide bonds. The molecule has 5 heteroatoms. The zero-order valence-corrected chi connectivity index (χ0v) is 30.0. The summed E-state index contributed by atoms with van der Waals surface area (Å²) in [6, 6.07) is 21.5. The van der Waals surface area contributed by atoms with Gasteiger partial charge in [0.05, 0.1) is 13.2 Å². The number of nitrogens with zero attached hydrogens (tertiary/aromatic N) is 3. The third-order valence-corrected chi connectivity index (χ3v) is 8.70. The van der Waals surface area contributed by atoms with Gasteiger partial charge in [0, 0.05) is 35.0 Å². The quantitative estimate of drug-likeness (QED) is 0.0707. The summed E-state index contributed by atoms with van der Waals surface area (Å²) in [6.45, 7) is 12.1. The van der Waals surface area contributed by atoms with Gasteiger partial charge in [-0.1, -0.05) is 96.1 Å². The van der Waals surface area contributed by atoms with E-state index in [1.54, 1.807) is 6.92 Å². The topological polar surface area (TPSA) is 47.5 Å². The third-order valence-electron chi connectivity index (χ3n) is 8.70. The lowest BCUT2D eigenvalue weighted by Crippen LogP contribution is -2.13. The van der Waals surface area contributed by atoms with Crippen molar-refractivity contribution in [2.45, 2.75) is 112 Å². The van der Waals surface area contributed by atoms with Gasteiger partial charge in [0.2, 0.25) is 5.82 Å². The van der Waals surface area contributed by atoms with Crippen LogP contribution in [0.15, 0.2) is 73.1 Å². The SMILES string of the molecule is CC#Cc1ncc(-c2ccc(N(c3ccc(OCCCCCCCC)cc3C)c3ccc(OCCCCCCCC)cc3C)cc2)cn1. The van der Waals surface area contributed by atoms with Gasteiger partial charge in [-0.15, -0.1) is 0 Å². The minimum atomic E-state index is 0.536. The Bertz CT molecular complexity index is 1520. The molecule has 0 bridgehead atoms. The van der Waals surface area contributed by atoms with Crippen molar-refractivity contribution in [1.29, 1.82) is 0 Å². The molecular weight excluding hydrogens is 590 g/mol. The molecule has 0 aliphatic rings. The number of hydrogen-bond donors (Lipinski definition) is 0. The molecule has 0 saturated heterocycles. The fraction of sp³-hybridized carbons (Fsp3) is 0.442. The molecule has 5 nitrogen and oxygen atoms in total. The number of benzene rings is 3. The first-order valence-electron chi connectivity index (χ1n) is 18.2. The molecule has 0 atom stereocenters. The van der Waals surface area contributed by atoms with Gasteiger partial charge in [0.25, 0.3) is 0 Å². The van der Waals surface area contributed by atoms with Gasteiger partial charge in [-0.3, -0.25) is 0 Å². The van der Waals surface area contributed by atoms with Crippen molar-refractivity contribution in [3.63, 3.8) is 0 Å². The Morgan fingerprint density at radius 1 is 0.583 bits per heavy atom. The molecule has 4 aromatic rings. The van der Waals surface area contributed by atoms with Crippen molar-refractivity contribution in [2.24, 2.45) is 0 Å². The fourth-order valence-corrected chi connectivity index (χ4v) is 5.95. The van der Waals surface area contributed by atoms with Crippen molar-refractivity contribution in [1.82, 2.24) is 9.97 Å². The summed E-state index contributed by atoms with van der Waals surface area (Å²) in [6.07, 6.45) is 18.7. The highest BCUT2D eigenvalue weighted by atomic mass is 16.5. The van der Waals surface area contributed by atoms with Gasteiger partial charge >= 0.3 is 0 Å². The number of hydrogen-bond acceptors (Lipinski definition) is 5. The molecule has 0 aliphatic carbocycles. The Labute approximate surface area is 290 Å². The maximum atomic E-state index is 6.19. The predicted octanol–water partition coefficient (Wildman–Crippen LogP) is 12.1. The molecule has 1 heterocycles. The molecule has 48 heavy (non-hydrogen) atoms. The first-order chi connectivity index (χ1) is 23.5. The zero-order chi connectivity index (χ0) is 34.0. The normalized spacial score (nSPS) is 10.8. The first kappa shape index (κ1) is 36.5. The Morgan fingerprint density at radius 2 is 1.06 bits per heavy atom. The summed E-state index contributed by atoms with van der Waals surface area (Å²) in [4.78, 5) is 11.1. The van der Waals surface area contributed by atoms with Crippen LogP contribution < -0.4 is 14.4 Å². The predicted molar refractivity (Wildman–Crippen MR) is 202 cm³/mol. The van der Waals surface area contributed by atoms with Crippen LogP contribution in [0.1, 0.15) is 115 Å². The second kappa shape index (κ2) is 20.2. The number of ether oxygens (including phenoxy) is 2. The van der Waals surface area contributed by atoms with E-state index in [1.165, 1.54) is 64.2 Å². The zero-order valence-electron chi connectivity index (χ0n) is 30.0. The summed E-state index contributed by atoms with van der Waals surface area (Å²) in [5.74, 6) is 8.15. The lowest BCUT2D eigenvalue weighted by atomic mass is 10.0. The number of unbranched alkanes of at least 4 members (excludes halogenated alkanes) is 10. The molecule has 254 valence electrons. The summed E-state index contributed by atoms with van der Waals surface area (Å²) in [5, 5.41) is 0. The van der Waals surface area contributed by atoms with E-state index in [2.05, 4.69) is 115 Å². The minimum Gasteiger partial charge on any atom is -0.494 e. The third kappa shape index (κ3) is 11.2. The molecule has 0 radical (unpaired) electrons. The Hall–Kier alpha value is -4.30. The van der Waals surface area contributed by atoms with Crippen LogP contribution in [0, 0.1) is 25.7 Å². The molecule has 0 N–H and O–H groups in total. The molecule has 0 saturated carbocycles. The van der Waals surface area contributed by atoms with Crippen LogP contribution >= 0.6 is 0 Å². The lowest BCUT2D eigenvalue weighted by molar-refractivity contribution is 0.304. The monoisotopic (exact) mass is 645 g/mol. The molecule has 0 aliphatic heterocycles. The summed E-state index contributed by atoms with van der Waals surface area (Å²) in [5.41, 5.74) is 7.63. The van der Waals surface area contributed by atoms with Gasteiger partial charge < -0.3 is 14.4 Å². The summed E-state index contributed by atoms with van der Waals surface area (Å²) in [7, 11) is 0. The average molecular weight is 646 g/mol. The van der Waals surface area contributed by atoms with Crippen molar-refractivity contribution in [3.05, 3.63) is 90.0 Å². The second-order valence-electron chi connectivity index (χ2n) is 12.7. The van der Waals surface area contributed by atoms with E-state index in [9.17, 15) is 0 Å². The largest absolute Gasteiger partial charge is 0.494 e. The lowest BCUT2D eigenvalue weighted by Gasteiger charge is -2.29. The average Bonchev–Trinajstić information content (AvgIpc) is 3.10. The first-order valence-corrected chi connectivity index (χ1v) is 18.2. The van der Waals surface area contributed by atoms with Gasteiger partial charge in [0.1, 0.15) is 11.5 Å². The van der Waals surface area contributed by atoms with E-state index in [0.717, 1.165) is 76.9 Å². The van der Waals surface area contributed by atoms with E-state index in [1.807, 2.05) is 12.4 Å². The van der Waals surface area contributed by atoms with E-state index >= 15 is 0 Å². The number of rotatable bonds is 20. The van der Waals surface area contributed by atoms with Crippen molar-refractivity contribution in [2.75, 3.05) is 18.1 Å². The molecular formula is C43H55N3O2. The highest BCUT2D eigenvalue weighted by Gasteiger charge is 2.18. The van der Waals surface area contributed by atoms with Gasteiger partial charge in [-0.25, -0.2) is 9.97 Å². The second-order valence-corrected chi connectivity index (χ2v) is 12.7. The van der Waals surface area contributed by atoms with E-state index in [-0.39, 0.29) is 0 Å². The van der Waals surface area contributed by atoms with E-state index in [0.29, 0.717) is 5.82 Å². The van der Waals surface area contributed by atoms with Crippen molar-refractivity contribution < 1.29 is 9.47 Å². The highest BCUT2D eigenvalue weighted by Crippen LogP contribution is 2.41. The molecule has 0 fully saturated rings. The van der Waals surface area contributed by atoms with E-state index in [4.69, 9.17) is 9.47 Å². The maximum Gasteiger partial charge on any atom is 0.204 e. The summed E-state index contributed by atoms with van der Waals surface area (Å²) < 4.78 is 12.4. The fourth-order valence-electron chi connectivity index (χ4n) is 5.95. The summed E-state index contributed by atoms with van der Waals surface area (Å²) >= 11 is 0. The van der Waals surface area contributed by atoms with Gasteiger partial charge in [-0.05, 0) is 105 Å². The molecule has 3 aromatic carbocycles. The van der Waals surface area contributed by atoms with Gasteiger partial charge in [0.15, 0.2) is 0 Å². The standard InChI is InChI=1S/C43H55N3O2/c1-6-9-11-13-15-17-28-47-39-24-26-41(34(4)30-39)46(38-22-20-36(21-23-38)37-32-44-43(19-8-3)45-33-37)42-27-25-40(31-35(42)5)48-29-18-16-14-12-10-7-2/h20-27,30-33H,6-7,9-18,28-29H2,1-5H3. The Kier molecular flexibility index (Phi) is 15.3. The highest BCUT2D eigenvalue weighted by molar-refractivity contribution is 5.81. The Morgan fingerprint density at radius 3 is 1.52 bits per heavy atom. The van der Waals surface area contributed by atoms with Crippen LogP contribution in [-0.2, 0) is 0 Å².